The van der Waals surface area contributed by atoms with E-state index in [0.717, 1.165) is 18.4 Å². The van der Waals surface area contributed by atoms with E-state index in [9.17, 15) is 4.79 Å². The molecule has 1 amide bonds. The van der Waals surface area contributed by atoms with Gasteiger partial charge in [0.2, 0.25) is 5.91 Å². The molecule has 1 N–H and O–H groups in total. The monoisotopic (exact) mass is 287 g/mol. The summed E-state index contributed by atoms with van der Waals surface area (Å²) in [7, 11) is 0. The first-order valence-electron chi connectivity index (χ1n) is 6.22. The summed E-state index contributed by atoms with van der Waals surface area (Å²) in [5.74, 6) is 1.16. The summed E-state index contributed by atoms with van der Waals surface area (Å²) in [6, 6.07) is 7.34. The third kappa shape index (κ3) is 5.74. The van der Waals surface area contributed by atoms with Gasteiger partial charge in [0.1, 0.15) is 0 Å². The lowest BCUT2D eigenvalue weighted by Gasteiger charge is -2.14. The quantitative estimate of drug-likeness (QED) is 0.762. The van der Waals surface area contributed by atoms with Crippen molar-refractivity contribution in [3.63, 3.8) is 0 Å². The molecule has 0 aliphatic carbocycles. The average molecular weight is 288 g/mol. The highest BCUT2D eigenvalue weighted by Crippen LogP contribution is 2.10. The summed E-state index contributed by atoms with van der Waals surface area (Å²) in [4.78, 5) is 11.7. The van der Waals surface area contributed by atoms with Crippen molar-refractivity contribution in [2.75, 3.05) is 12.4 Å². The molecular weight excluding hydrogens is 269 g/mol. The first-order chi connectivity index (χ1) is 8.65. The molecule has 1 aromatic rings. The van der Waals surface area contributed by atoms with Crippen LogP contribution in [0.4, 0.5) is 0 Å². The van der Waals surface area contributed by atoms with E-state index < -0.39 is 0 Å². The smallest absolute Gasteiger partial charge is 0.224 e. The number of nitrogens with one attached hydrogen (secondary N) is 1. The number of amides is 1. The molecular formula is C14H19Cl2NO. The molecule has 0 saturated carbocycles. The summed E-state index contributed by atoms with van der Waals surface area (Å²) in [5.41, 5.74) is 0.974. The molecule has 0 aliphatic heterocycles. The molecule has 1 rings (SSSR count). The number of alkyl halides is 1. The number of benzene rings is 1. The van der Waals surface area contributed by atoms with Crippen LogP contribution in [-0.2, 0) is 11.2 Å². The van der Waals surface area contributed by atoms with Gasteiger partial charge in [0.25, 0.3) is 0 Å². The second-order valence-corrected chi connectivity index (χ2v) is 5.17. The highest BCUT2D eigenvalue weighted by molar-refractivity contribution is 6.30. The summed E-state index contributed by atoms with van der Waals surface area (Å²) in [6.07, 6.45) is 2.38. The van der Waals surface area contributed by atoms with Crippen molar-refractivity contribution >= 4 is 29.1 Å². The van der Waals surface area contributed by atoms with Crippen LogP contribution in [-0.4, -0.2) is 18.3 Å². The van der Waals surface area contributed by atoms with Gasteiger partial charge in [0.05, 0.1) is 6.42 Å². The largest absolute Gasteiger partial charge is 0.356 e. The Morgan fingerprint density at radius 2 is 2.00 bits per heavy atom. The Morgan fingerprint density at radius 3 is 2.56 bits per heavy atom. The van der Waals surface area contributed by atoms with E-state index in [1.807, 2.05) is 12.1 Å². The zero-order valence-corrected chi connectivity index (χ0v) is 12.1. The molecule has 0 fully saturated rings. The minimum Gasteiger partial charge on any atom is -0.356 e. The maximum absolute atomic E-state index is 11.7. The topological polar surface area (TPSA) is 29.1 Å². The van der Waals surface area contributed by atoms with Crippen molar-refractivity contribution in [3.8, 4) is 0 Å². The summed E-state index contributed by atoms with van der Waals surface area (Å²) >= 11 is 11.5. The molecule has 1 unspecified atom stereocenters. The van der Waals surface area contributed by atoms with Gasteiger partial charge in [-0.2, -0.15) is 0 Å². The zero-order valence-electron chi connectivity index (χ0n) is 10.6. The van der Waals surface area contributed by atoms with Crippen molar-refractivity contribution in [1.82, 2.24) is 5.32 Å². The molecule has 1 atom stereocenters. The van der Waals surface area contributed by atoms with Crippen molar-refractivity contribution in [2.45, 2.75) is 26.2 Å². The van der Waals surface area contributed by atoms with Crippen molar-refractivity contribution < 1.29 is 4.79 Å². The molecule has 0 spiro atoms. The minimum atomic E-state index is 0.0466. The number of carbonyl (C=O) groups is 1. The predicted octanol–water partition coefficient (Wildman–Crippen LogP) is 3.65. The second kappa shape index (κ2) is 8.39. The number of halogens is 2. The van der Waals surface area contributed by atoms with Crippen LogP contribution in [0.5, 0.6) is 0 Å². The zero-order chi connectivity index (χ0) is 13.4. The number of rotatable bonds is 7. The normalized spacial score (nSPS) is 12.2. The Balaban J connectivity index is 2.35. The number of hydrogen-bond acceptors (Lipinski definition) is 1. The fourth-order valence-electron chi connectivity index (χ4n) is 1.71. The van der Waals surface area contributed by atoms with Crippen LogP contribution in [0.1, 0.15) is 25.3 Å². The molecule has 100 valence electrons. The Hall–Kier alpha value is -0.730. The minimum absolute atomic E-state index is 0.0466. The Labute approximate surface area is 119 Å². The first kappa shape index (κ1) is 15.3. The van der Waals surface area contributed by atoms with E-state index in [1.54, 1.807) is 12.1 Å². The van der Waals surface area contributed by atoms with Gasteiger partial charge in [-0.05, 0) is 30.0 Å². The maximum atomic E-state index is 11.7. The molecule has 18 heavy (non-hydrogen) atoms. The van der Waals surface area contributed by atoms with Crippen LogP contribution in [0, 0.1) is 5.92 Å². The maximum Gasteiger partial charge on any atom is 0.224 e. The molecule has 0 bridgehead atoms. The fraction of sp³-hybridized carbons (Fsp3) is 0.500. The van der Waals surface area contributed by atoms with Crippen molar-refractivity contribution in [3.05, 3.63) is 34.9 Å². The van der Waals surface area contributed by atoms with E-state index in [0.29, 0.717) is 29.8 Å². The molecule has 0 aromatic heterocycles. The van der Waals surface area contributed by atoms with Gasteiger partial charge in [0, 0.05) is 17.4 Å². The van der Waals surface area contributed by atoms with Gasteiger partial charge in [-0.15, -0.1) is 11.6 Å². The molecule has 4 heteroatoms. The third-order valence-electron chi connectivity index (χ3n) is 2.96. The van der Waals surface area contributed by atoms with Crippen molar-refractivity contribution in [2.24, 2.45) is 5.92 Å². The standard InChI is InChI=1S/C14H19Cl2NO/c1-2-11(7-8-15)10-17-14(18)9-12-3-5-13(16)6-4-12/h3-6,11H,2,7-10H2,1H3,(H,17,18). The predicted molar refractivity (Wildman–Crippen MR) is 77.3 cm³/mol. The van der Waals surface area contributed by atoms with Gasteiger partial charge in [-0.25, -0.2) is 0 Å². The molecule has 0 saturated heterocycles. The summed E-state index contributed by atoms with van der Waals surface area (Å²) in [5, 5.41) is 3.64. The summed E-state index contributed by atoms with van der Waals surface area (Å²) in [6.45, 7) is 2.82. The molecule has 2 nitrogen and oxygen atoms in total. The van der Waals surface area contributed by atoms with Gasteiger partial charge in [-0.3, -0.25) is 4.79 Å². The van der Waals surface area contributed by atoms with Gasteiger partial charge in [-0.1, -0.05) is 37.1 Å². The van der Waals surface area contributed by atoms with Gasteiger partial charge < -0.3 is 5.32 Å². The van der Waals surface area contributed by atoms with E-state index in [1.165, 1.54) is 0 Å². The lowest BCUT2D eigenvalue weighted by molar-refractivity contribution is -0.120. The van der Waals surface area contributed by atoms with Crippen LogP contribution < -0.4 is 5.32 Å². The van der Waals surface area contributed by atoms with E-state index in [2.05, 4.69) is 12.2 Å². The molecule has 0 aliphatic rings. The Bertz CT molecular complexity index is 365. The van der Waals surface area contributed by atoms with E-state index >= 15 is 0 Å². The molecule has 0 radical (unpaired) electrons. The van der Waals surface area contributed by atoms with Crippen molar-refractivity contribution in [1.29, 1.82) is 0 Å². The first-order valence-corrected chi connectivity index (χ1v) is 7.14. The second-order valence-electron chi connectivity index (χ2n) is 4.36. The molecule has 1 aromatic carbocycles. The highest BCUT2D eigenvalue weighted by atomic mass is 35.5. The lowest BCUT2D eigenvalue weighted by Crippen LogP contribution is -2.30. The molecule has 0 heterocycles. The van der Waals surface area contributed by atoms with Crippen LogP contribution >= 0.6 is 23.2 Å². The van der Waals surface area contributed by atoms with Gasteiger partial charge in [0.15, 0.2) is 0 Å². The van der Waals surface area contributed by atoms with E-state index in [-0.39, 0.29) is 5.91 Å². The van der Waals surface area contributed by atoms with Crippen LogP contribution in [0.15, 0.2) is 24.3 Å². The Morgan fingerprint density at radius 1 is 1.33 bits per heavy atom. The summed E-state index contributed by atoms with van der Waals surface area (Å²) < 4.78 is 0. The van der Waals surface area contributed by atoms with Crippen LogP contribution in [0.3, 0.4) is 0 Å². The lowest BCUT2D eigenvalue weighted by atomic mass is 10.0. The SMILES string of the molecule is CCC(CCCl)CNC(=O)Cc1ccc(Cl)cc1. The van der Waals surface area contributed by atoms with Crippen LogP contribution in [0.2, 0.25) is 5.02 Å². The van der Waals surface area contributed by atoms with Gasteiger partial charge >= 0.3 is 0 Å². The third-order valence-corrected chi connectivity index (χ3v) is 3.43. The highest BCUT2D eigenvalue weighted by Gasteiger charge is 2.08. The number of hydrogen-bond donors (Lipinski definition) is 1. The average Bonchev–Trinajstić information content (AvgIpc) is 2.37. The number of carbonyl (C=O) groups excluding carboxylic acids is 1. The Kier molecular flexibility index (Phi) is 7.14. The fourth-order valence-corrected chi connectivity index (χ4v) is 2.15. The van der Waals surface area contributed by atoms with E-state index in [4.69, 9.17) is 23.2 Å². The van der Waals surface area contributed by atoms with Crippen LogP contribution in [0.25, 0.3) is 0 Å².